The highest BCUT2D eigenvalue weighted by molar-refractivity contribution is 5.38. The van der Waals surface area contributed by atoms with Crippen LogP contribution in [0.5, 0.6) is 0 Å². The van der Waals surface area contributed by atoms with Crippen molar-refractivity contribution in [3.05, 3.63) is 34.9 Å². The second kappa shape index (κ2) is 7.17. The molecule has 0 radical (unpaired) electrons. The molecule has 134 valence electrons. The van der Waals surface area contributed by atoms with Crippen molar-refractivity contribution in [3.63, 3.8) is 0 Å². The molecule has 2 saturated carbocycles. The van der Waals surface area contributed by atoms with Crippen LogP contribution in [0.25, 0.3) is 0 Å². The molecule has 1 atom stereocenters. The van der Waals surface area contributed by atoms with Gasteiger partial charge in [-0.2, -0.15) is 0 Å². The molecule has 2 heteroatoms. The summed E-state index contributed by atoms with van der Waals surface area (Å²) in [4.78, 5) is 0. The van der Waals surface area contributed by atoms with Crippen molar-refractivity contribution >= 4 is 0 Å². The normalized spacial score (nSPS) is 24.5. The summed E-state index contributed by atoms with van der Waals surface area (Å²) in [6.45, 7) is 4.46. The number of hydrogen-bond donors (Lipinski definition) is 2. The minimum Gasteiger partial charge on any atom is -0.385 e. The van der Waals surface area contributed by atoms with E-state index in [1.807, 2.05) is 0 Å². The average molecular weight is 331 g/mol. The minimum atomic E-state index is -0.693. The van der Waals surface area contributed by atoms with Gasteiger partial charge in [0.05, 0.1) is 11.2 Å². The van der Waals surface area contributed by atoms with Gasteiger partial charge in [-0.05, 0) is 54.7 Å². The Bertz CT molecular complexity index is 509. The first kappa shape index (κ1) is 17.9. The molecule has 1 aromatic rings. The Morgan fingerprint density at radius 1 is 0.792 bits per heavy atom. The van der Waals surface area contributed by atoms with Crippen molar-refractivity contribution in [3.8, 4) is 0 Å². The number of hydrogen-bond acceptors (Lipinski definition) is 2. The van der Waals surface area contributed by atoms with E-state index in [1.165, 1.54) is 18.4 Å². The first-order chi connectivity index (χ1) is 11.5. The molecule has 0 aromatic heterocycles. The second-order valence-corrected chi connectivity index (χ2v) is 8.34. The zero-order valence-electron chi connectivity index (χ0n) is 15.5. The van der Waals surface area contributed by atoms with Crippen LogP contribution in [0.2, 0.25) is 0 Å². The maximum Gasteiger partial charge on any atom is 0.0896 e. The Labute approximate surface area is 147 Å². The van der Waals surface area contributed by atoms with Crippen LogP contribution in [0.4, 0.5) is 0 Å². The fourth-order valence-corrected chi connectivity index (χ4v) is 4.56. The largest absolute Gasteiger partial charge is 0.385 e. The summed E-state index contributed by atoms with van der Waals surface area (Å²) < 4.78 is 0. The topological polar surface area (TPSA) is 40.5 Å². The first-order valence-electron chi connectivity index (χ1n) is 10.1. The highest BCUT2D eigenvalue weighted by Crippen LogP contribution is 2.43. The molecule has 0 saturated heterocycles. The molecule has 24 heavy (non-hydrogen) atoms. The van der Waals surface area contributed by atoms with Crippen molar-refractivity contribution in [2.75, 3.05) is 0 Å². The quantitative estimate of drug-likeness (QED) is 0.765. The van der Waals surface area contributed by atoms with Crippen LogP contribution in [0.3, 0.4) is 0 Å². The van der Waals surface area contributed by atoms with Crippen LogP contribution in [0.1, 0.15) is 107 Å². The lowest BCUT2D eigenvalue weighted by atomic mass is 9.74. The molecule has 3 rings (SSSR count). The van der Waals surface area contributed by atoms with Gasteiger partial charge in [-0.3, -0.25) is 0 Å². The summed E-state index contributed by atoms with van der Waals surface area (Å²) in [5, 5.41) is 22.5. The number of rotatable bonds is 4. The van der Waals surface area contributed by atoms with Gasteiger partial charge in [0, 0.05) is 0 Å². The maximum absolute atomic E-state index is 11.2. The Hall–Kier alpha value is -0.860. The van der Waals surface area contributed by atoms with Gasteiger partial charge in [0.15, 0.2) is 0 Å². The van der Waals surface area contributed by atoms with Crippen LogP contribution < -0.4 is 0 Å². The molecule has 0 aliphatic heterocycles. The fraction of sp³-hybridized carbons (Fsp3) is 0.727. The van der Waals surface area contributed by atoms with Gasteiger partial charge in [0.25, 0.3) is 0 Å². The summed E-state index contributed by atoms with van der Waals surface area (Å²) in [5.41, 5.74) is 1.99. The standard InChI is InChI=1S/C22H34O2/c1-3-17(2)18-14-19(21(23)10-6-4-7-11-21)16-20(15-18)22(24)12-8-5-9-13-22/h14-17,23-24H,3-13H2,1-2H3. The highest BCUT2D eigenvalue weighted by Gasteiger charge is 2.36. The van der Waals surface area contributed by atoms with E-state index in [4.69, 9.17) is 0 Å². The molecule has 2 nitrogen and oxygen atoms in total. The smallest absolute Gasteiger partial charge is 0.0896 e. The highest BCUT2D eigenvalue weighted by atomic mass is 16.3. The van der Waals surface area contributed by atoms with Crippen molar-refractivity contribution in [2.45, 2.75) is 102 Å². The van der Waals surface area contributed by atoms with Crippen LogP contribution in [-0.4, -0.2) is 10.2 Å². The lowest BCUT2D eigenvalue weighted by molar-refractivity contribution is -0.00697. The van der Waals surface area contributed by atoms with E-state index in [2.05, 4.69) is 32.0 Å². The zero-order chi connectivity index (χ0) is 17.2. The monoisotopic (exact) mass is 330 g/mol. The van der Waals surface area contributed by atoms with Gasteiger partial charge < -0.3 is 10.2 Å². The lowest BCUT2D eigenvalue weighted by Gasteiger charge is -2.37. The van der Waals surface area contributed by atoms with Gasteiger partial charge in [-0.25, -0.2) is 0 Å². The van der Waals surface area contributed by atoms with Crippen molar-refractivity contribution in [1.82, 2.24) is 0 Å². The molecule has 0 heterocycles. The van der Waals surface area contributed by atoms with Crippen LogP contribution >= 0.6 is 0 Å². The van der Waals surface area contributed by atoms with Crippen molar-refractivity contribution in [1.29, 1.82) is 0 Å². The van der Waals surface area contributed by atoms with Crippen LogP contribution in [-0.2, 0) is 11.2 Å². The van der Waals surface area contributed by atoms with E-state index in [9.17, 15) is 10.2 Å². The summed E-state index contributed by atoms with van der Waals surface area (Å²) >= 11 is 0. The van der Waals surface area contributed by atoms with Gasteiger partial charge in [-0.15, -0.1) is 0 Å². The summed E-state index contributed by atoms with van der Waals surface area (Å²) in [6.07, 6.45) is 11.4. The SMILES string of the molecule is CCC(C)c1cc(C2(O)CCCCC2)cc(C2(O)CCCCC2)c1. The van der Waals surface area contributed by atoms with Crippen molar-refractivity contribution < 1.29 is 10.2 Å². The molecule has 2 aliphatic rings. The number of aliphatic hydroxyl groups is 2. The molecule has 1 aromatic carbocycles. The molecule has 2 aliphatic carbocycles. The molecule has 0 spiro atoms. The van der Waals surface area contributed by atoms with Gasteiger partial charge in [0.2, 0.25) is 0 Å². The molecule has 0 bridgehead atoms. The van der Waals surface area contributed by atoms with Gasteiger partial charge in [0.1, 0.15) is 0 Å². The molecular formula is C22H34O2. The van der Waals surface area contributed by atoms with E-state index in [0.717, 1.165) is 68.9 Å². The van der Waals surface area contributed by atoms with Crippen LogP contribution in [0, 0.1) is 0 Å². The maximum atomic E-state index is 11.2. The molecule has 1 unspecified atom stereocenters. The predicted molar refractivity (Wildman–Crippen MR) is 99.1 cm³/mol. The average Bonchev–Trinajstić information content (AvgIpc) is 2.62. The predicted octanol–water partition coefficient (Wildman–Crippen LogP) is 5.50. The van der Waals surface area contributed by atoms with Crippen molar-refractivity contribution in [2.24, 2.45) is 0 Å². The van der Waals surface area contributed by atoms with Gasteiger partial charge in [-0.1, -0.05) is 70.6 Å². The summed E-state index contributed by atoms with van der Waals surface area (Å²) in [6, 6.07) is 6.56. The van der Waals surface area contributed by atoms with E-state index < -0.39 is 11.2 Å². The summed E-state index contributed by atoms with van der Waals surface area (Å²) in [7, 11) is 0. The Morgan fingerprint density at radius 2 is 1.21 bits per heavy atom. The zero-order valence-corrected chi connectivity index (χ0v) is 15.5. The van der Waals surface area contributed by atoms with E-state index in [-0.39, 0.29) is 0 Å². The lowest BCUT2D eigenvalue weighted by Crippen LogP contribution is -2.32. The summed E-state index contributed by atoms with van der Waals surface area (Å²) in [5.74, 6) is 0.461. The fourth-order valence-electron chi connectivity index (χ4n) is 4.56. The van der Waals surface area contributed by atoms with E-state index in [1.54, 1.807) is 0 Å². The van der Waals surface area contributed by atoms with Crippen LogP contribution in [0.15, 0.2) is 18.2 Å². The third-order valence-corrected chi connectivity index (χ3v) is 6.57. The third kappa shape index (κ3) is 3.55. The second-order valence-electron chi connectivity index (χ2n) is 8.34. The third-order valence-electron chi connectivity index (χ3n) is 6.57. The molecule has 0 amide bonds. The Balaban J connectivity index is 2.03. The van der Waals surface area contributed by atoms with E-state index >= 15 is 0 Å². The Morgan fingerprint density at radius 3 is 1.58 bits per heavy atom. The Kier molecular flexibility index (Phi) is 5.36. The number of benzene rings is 1. The molecule has 2 N–H and O–H groups in total. The van der Waals surface area contributed by atoms with E-state index in [0.29, 0.717) is 5.92 Å². The molecular weight excluding hydrogens is 296 g/mol. The minimum absolute atomic E-state index is 0.461. The van der Waals surface area contributed by atoms with Gasteiger partial charge >= 0.3 is 0 Å². The molecule has 2 fully saturated rings. The first-order valence-corrected chi connectivity index (χ1v) is 10.1.